The van der Waals surface area contributed by atoms with Crippen molar-refractivity contribution in [2.24, 2.45) is 0 Å². The van der Waals surface area contributed by atoms with Crippen LogP contribution in [0.5, 0.6) is 0 Å². The summed E-state index contributed by atoms with van der Waals surface area (Å²) >= 11 is 0. The molecule has 0 aliphatic rings. The Morgan fingerprint density at radius 3 is 2.33 bits per heavy atom. The van der Waals surface area contributed by atoms with E-state index in [9.17, 15) is 17.6 Å². The van der Waals surface area contributed by atoms with E-state index in [2.05, 4.69) is 39.0 Å². The zero-order valence-electron chi connectivity index (χ0n) is 22.0. The third kappa shape index (κ3) is 5.63. The number of aryl methyl sites for hydroxylation is 1. The maximum Gasteiger partial charge on any atom is 0.342 e. The minimum atomic E-state index is -3.65. The van der Waals surface area contributed by atoms with Crippen molar-refractivity contribution in [2.45, 2.75) is 45.8 Å². The number of sulfonamides is 1. The first-order valence-electron chi connectivity index (χ1n) is 11.6. The lowest BCUT2D eigenvalue weighted by Gasteiger charge is -2.37. The van der Waals surface area contributed by atoms with Crippen LogP contribution < -0.4 is 4.31 Å². The number of carbonyl (C=O) groups is 1. The van der Waals surface area contributed by atoms with E-state index in [1.807, 2.05) is 0 Å². The Morgan fingerprint density at radius 2 is 1.81 bits per heavy atom. The second-order valence-corrected chi connectivity index (χ2v) is 17.1. The molecule has 2 aromatic heterocycles. The first-order valence-corrected chi connectivity index (χ1v) is 16.3. The van der Waals surface area contributed by atoms with E-state index in [1.165, 1.54) is 40.2 Å². The highest BCUT2D eigenvalue weighted by atomic mass is 32.2. The van der Waals surface area contributed by atoms with E-state index < -0.39 is 30.1 Å². The summed E-state index contributed by atoms with van der Waals surface area (Å²) in [7, 11) is -4.44. The van der Waals surface area contributed by atoms with E-state index in [0.717, 1.165) is 6.26 Å². The van der Waals surface area contributed by atoms with Crippen LogP contribution >= 0.6 is 0 Å². The molecule has 0 amide bonds. The summed E-state index contributed by atoms with van der Waals surface area (Å²) in [4.78, 5) is 12.7. The predicted molar refractivity (Wildman–Crippen MR) is 142 cm³/mol. The molecular weight excluding hydrogens is 501 g/mol. The Kier molecular flexibility index (Phi) is 7.69. The molecule has 8 nitrogen and oxygen atoms in total. The van der Waals surface area contributed by atoms with Crippen molar-refractivity contribution in [2.75, 3.05) is 30.8 Å². The van der Waals surface area contributed by atoms with Crippen LogP contribution in [0.25, 0.3) is 16.8 Å². The highest BCUT2D eigenvalue weighted by Crippen LogP contribution is 2.37. The van der Waals surface area contributed by atoms with Crippen molar-refractivity contribution < 1.29 is 26.8 Å². The largest absolute Gasteiger partial charge is 0.465 e. The summed E-state index contributed by atoms with van der Waals surface area (Å²) in [5, 5.41) is 4.54. The molecule has 196 valence electrons. The first kappa shape index (κ1) is 27.8. The Bertz CT molecular complexity index is 1380. The molecule has 0 N–H and O–H groups in total. The molecule has 0 unspecified atom stereocenters. The molecule has 1 aromatic carbocycles. The van der Waals surface area contributed by atoms with Gasteiger partial charge < -0.3 is 9.16 Å². The number of benzene rings is 1. The summed E-state index contributed by atoms with van der Waals surface area (Å²) in [6.07, 6.45) is 2.73. The highest BCUT2D eigenvalue weighted by molar-refractivity contribution is 7.92. The van der Waals surface area contributed by atoms with Crippen molar-refractivity contribution in [1.29, 1.82) is 0 Å². The van der Waals surface area contributed by atoms with Crippen molar-refractivity contribution in [3.8, 4) is 11.3 Å². The molecule has 2 heterocycles. The molecule has 3 rings (SSSR count). The molecule has 0 radical (unpaired) electrons. The molecule has 0 saturated heterocycles. The quantitative estimate of drug-likeness (QED) is 0.297. The van der Waals surface area contributed by atoms with Gasteiger partial charge in [0, 0.05) is 5.56 Å². The number of rotatable bonds is 8. The van der Waals surface area contributed by atoms with Gasteiger partial charge in [-0.3, -0.25) is 4.31 Å². The van der Waals surface area contributed by atoms with Gasteiger partial charge in [0.1, 0.15) is 17.1 Å². The van der Waals surface area contributed by atoms with Crippen LogP contribution in [0.4, 0.5) is 10.1 Å². The zero-order chi connectivity index (χ0) is 27.1. The topological polar surface area (TPSA) is 90.2 Å². The van der Waals surface area contributed by atoms with Gasteiger partial charge in [0.25, 0.3) is 0 Å². The van der Waals surface area contributed by atoms with Crippen molar-refractivity contribution >= 4 is 35.5 Å². The maximum atomic E-state index is 13.5. The number of methoxy groups -OCH3 is 1. The van der Waals surface area contributed by atoms with Gasteiger partial charge in [-0.1, -0.05) is 20.8 Å². The van der Waals surface area contributed by atoms with Crippen molar-refractivity contribution in [3.63, 3.8) is 0 Å². The van der Waals surface area contributed by atoms with E-state index in [1.54, 1.807) is 19.2 Å². The van der Waals surface area contributed by atoms with Gasteiger partial charge in [0.15, 0.2) is 8.32 Å². The number of carbonyl (C=O) groups excluding carboxylic acids is 1. The number of aromatic nitrogens is 2. The minimum Gasteiger partial charge on any atom is -0.465 e. The molecule has 0 aliphatic carbocycles. The molecule has 0 atom stereocenters. The Labute approximate surface area is 213 Å². The van der Waals surface area contributed by atoms with Crippen LogP contribution in [0.2, 0.25) is 18.1 Å². The highest BCUT2D eigenvalue weighted by Gasteiger charge is 2.37. The molecule has 0 aliphatic heterocycles. The van der Waals surface area contributed by atoms with Gasteiger partial charge in [0.05, 0.1) is 43.9 Å². The van der Waals surface area contributed by atoms with Gasteiger partial charge in [-0.05, 0) is 61.0 Å². The van der Waals surface area contributed by atoms with Gasteiger partial charge in [-0.2, -0.15) is 5.10 Å². The summed E-state index contributed by atoms with van der Waals surface area (Å²) in [5.74, 6) is -1.01. The number of hydrogen-bond donors (Lipinski definition) is 0. The van der Waals surface area contributed by atoms with Crippen LogP contribution in [0, 0.1) is 12.7 Å². The first-order chi connectivity index (χ1) is 16.6. The van der Waals surface area contributed by atoms with E-state index in [0.29, 0.717) is 28.0 Å². The van der Waals surface area contributed by atoms with Crippen molar-refractivity contribution in [1.82, 2.24) is 9.61 Å². The fourth-order valence-corrected chi connectivity index (χ4v) is 5.61. The number of halogens is 1. The Hall–Kier alpha value is -2.76. The van der Waals surface area contributed by atoms with E-state index >= 15 is 0 Å². The Morgan fingerprint density at radius 1 is 1.19 bits per heavy atom. The summed E-state index contributed by atoms with van der Waals surface area (Å²) < 4.78 is 53.0. The van der Waals surface area contributed by atoms with E-state index in [-0.39, 0.29) is 23.8 Å². The monoisotopic (exact) mass is 535 g/mol. The molecule has 0 fully saturated rings. The molecule has 3 aromatic rings. The number of pyridine rings is 1. The number of fused-ring (bicyclic) bond motifs is 1. The zero-order valence-corrected chi connectivity index (χ0v) is 23.9. The van der Waals surface area contributed by atoms with Gasteiger partial charge >= 0.3 is 5.97 Å². The van der Waals surface area contributed by atoms with Gasteiger partial charge in [-0.15, -0.1) is 0 Å². The minimum absolute atomic E-state index is 0.00610. The average Bonchev–Trinajstić information content (AvgIpc) is 3.13. The summed E-state index contributed by atoms with van der Waals surface area (Å²) in [5.41, 5.74) is 2.57. The van der Waals surface area contributed by atoms with Crippen LogP contribution in [0.15, 0.2) is 36.5 Å². The lowest BCUT2D eigenvalue weighted by molar-refractivity contribution is 0.0603. The number of hydrogen-bond acceptors (Lipinski definition) is 6. The standard InChI is InChI=1S/C25H34FN3O5SSi/c1-17-15-20-22(24(30)33-5)23(18-9-11-19(26)12-10-18)27-28(20)16-21(17)29(35(6,31)32)13-14-34-36(7,8)25(2,3)4/h9-12,15-16H,13-14H2,1-8H3. The van der Waals surface area contributed by atoms with Gasteiger partial charge in [0.2, 0.25) is 10.0 Å². The van der Waals surface area contributed by atoms with E-state index in [4.69, 9.17) is 9.16 Å². The number of ether oxygens (including phenoxy) is 1. The normalized spacial score (nSPS) is 12.7. The second-order valence-electron chi connectivity index (χ2n) is 10.3. The van der Waals surface area contributed by atoms with Crippen LogP contribution in [0.3, 0.4) is 0 Å². The number of anilines is 1. The smallest absolute Gasteiger partial charge is 0.342 e. The molecule has 11 heteroatoms. The van der Waals surface area contributed by atoms with Crippen molar-refractivity contribution in [3.05, 3.63) is 53.5 Å². The molecular formula is C25H34FN3O5SSi. The lowest BCUT2D eigenvalue weighted by Crippen LogP contribution is -2.43. The SMILES string of the molecule is COC(=O)c1c(-c2ccc(F)cc2)nn2cc(N(CCO[Si](C)(C)C(C)(C)C)S(C)(=O)=O)c(C)cc12. The third-order valence-electron chi connectivity index (χ3n) is 6.69. The fraction of sp³-hybridized carbons (Fsp3) is 0.440. The van der Waals surface area contributed by atoms with Crippen LogP contribution in [-0.2, 0) is 19.2 Å². The fourth-order valence-electron chi connectivity index (χ4n) is 3.62. The second kappa shape index (κ2) is 9.95. The van der Waals surface area contributed by atoms with Crippen LogP contribution in [-0.4, -0.2) is 58.8 Å². The summed E-state index contributed by atoms with van der Waals surface area (Å²) in [6, 6.07) is 7.32. The summed E-state index contributed by atoms with van der Waals surface area (Å²) in [6.45, 7) is 12.8. The lowest BCUT2D eigenvalue weighted by atomic mass is 10.1. The number of esters is 1. The van der Waals surface area contributed by atoms with Crippen LogP contribution in [0.1, 0.15) is 36.7 Å². The third-order valence-corrected chi connectivity index (χ3v) is 12.4. The molecule has 0 saturated carbocycles. The van der Waals surface area contributed by atoms with Gasteiger partial charge in [-0.25, -0.2) is 22.1 Å². The average molecular weight is 536 g/mol. The Balaban J connectivity index is 2.09. The maximum absolute atomic E-state index is 13.5. The molecule has 36 heavy (non-hydrogen) atoms. The molecule has 0 spiro atoms. The predicted octanol–water partition coefficient (Wildman–Crippen LogP) is 5.02. The molecule has 0 bridgehead atoms. The number of nitrogens with zero attached hydrogens (tertiary/aromatic N) is 3.